The molecule has 0 fully saturated rings. The Labute approximate surface area is 115 Å². The number of carbonyl (C=O) groups excluding carboxylic acids is 1. The lowest BCUT2D eigenvalue weighted by atomic mass is 10.2. The molecule has 2 heterocycles. The molecule has 0 aliphatic carbocycles. The lowest BCUT2D eigenvalue weighted by Gasteiger charge is -2.01. The van der Waals surface area contributed by atoms with Gasteiger partial charge in [0.25, 0.3) is 0 Å². The van der Waals surface area contributed by atoms with Crippen LogP contribution in [0, 0.1) is 20.8 Å². The van der Waals surface area contributed by atoms with Gasteiger partial charge in [-0.15, -0.1) is 0 Å². The van der Waals surface area contributed by atoms with Gasteiger partial charge in [0.15, 0.2) is 10.1 Å². The first-order valence-electron chi connectivity index (χ1n) is 5.58. The molecular formula is C12H15N3OS2. The maximum Gasteiger partial charge on any atom is 0.174 e. The van der Waals surface area contributed by atoms with Crippen molar-refractivity contribution in [1.29, 1.82) is 0 Å². The molecular weight excluding hydrogens is 266 g/mol. The van der Waals surface area contributed by atoms with E-state index in [1.807, 2.05) is 38.5 Å². The third-order valence-electron chi connectivity index (χ3n) is 2.91. The van der Waals surface area contributed by atoms with E-state index in [-0.39, 0.29) is 5.78 Å². The van der Waals surface area contributed by atoms with Gasteiger partial charge in [-0.1, -0.05) is 11.8 Å². The summed E-state index contributed by atoms with van der Waals surface area (Å²) in [6.07, 6.45) is 0. The molecule has 4 nitrogen and oxygen atoms in total. The standard InChI is InChI=1S/C12H15N3OS2/c1-7-5-10(8(2)15(7)4)11(16)6-17-12-13-9(3)14-18-12/h5H,6H2,1-4H3. The van der Waals surface area contributed by atoms with Gasteiger partial charge in [-0.3, -0.25) is 4.79 Å². The van der Waals surface area contributed by atoms with Crippen molar-refractivity contribution in [3.8, 4) is 0 Å². The van der Waals surface area contributed by atoms with Crippen LogP contribution in [0.2, 0.25) is 0 Å². The normalized spacial score (nSPS) is 10.9. The van der Waals surface area contributed by atoms with E-state index in [2.05, 4.69) is 9.36 Å². The average molecular weight is 281 g/mol. The molecule has 0 unspecified atom stereocenters. The molecule has 0 aliphatic rings. The van der Waals surface area contributed by atoms with Crippen LogP contribution < -0.4 is 0 Å². The average Bonchev–Trinajstić information content (AvgIpc) is 2.86. The van der Waals surface area contributed by atoms with Gasteiger partial charge in [-0.2, -0.15) is 4.37 Å². The minimum atomic E-state index is 0.147. The number of thioether (sulfide) groups is 1. The fraction of sp³-hybridized carbons (Fsp3) is 0.417. The summed E-state index contributed by atoms with van der Waals surface area (Å²) in [5.74, 6) is 1.33. The molecule has 0 atom stereocenters. The molecule has 0 saturated carbocycles. The number of aromatic nitrogens is 3. The van der Waals surface area contributed by atoms with Gasteiger partial charge in [0.2, 0.25) is 0 Å². The highest BCUT2D eigenvalue weighted by atomic mass is 32.2. The van der Waals surface area contributed by atoms with Crippen LogP contribution in [0.5, 0.6) is 0 Å². The Kier molecular flexibility index (Phi) is 3.87. The molecule has 2 rings (SSSR count). The fourth-order valence-corrected chi connectivity index (χ4v) is 3.21. The third-order valence-corrected chi connectivity index (χ3v) is 4.84. The molecule has 0 N–H and O–H groups in total. The van der Waals surface area contributed by atoms with E-state index in [1.165, 1.54) is 23.3 Å². The second-order valence-corrected chi connectivity index (χ2v) is 6.14. The van der Waals surface area contributed by atoms with Gasteiger partial charge in [-0.25, -0.2) is 4.98 Å². The molecule has 0 saturated heterocycles. The van der Waals surface area contributed by atoms with Crippen LogP contribution >= 0.6 is 23.3 Å². The number of carbonyl (C=O) groups is 1. The van der Waals surface area contributed by atoms with Crippen molar-refractivity contribution in [3.63, 3.8) is 0 Å². The van der Waals surface area contributed by atoms with Gasteiger partial charge in [-0.05, 0) is 38.4 Å². The van der Waals surface area contributed by atoms with Crippen LogP contribution in [0.25, 0.3) is 0 Å². The number of ketones is 1. The molecule has 0 spiro atoms. The molecule has 0 bridgehead atoms. The second-order valence-electron chi connectivity index (χ2n) is 4.16. The third kappa shape index (κ3) is 2.64. The highest BCUT2D eigenvalue weighted by Gasteiger charge is 2.15. The quantitative estimate of drug-likeness (QED) is 0.638. The Morgan fingerprint density at radius 2 is 2.17 bits per heavy atom. The molecule has 2 aromatic heterocycles. The lowest BCUT2D eigenvalue weighted by Crippen LogP contribution is -2.04. The number of aryl methyl sites for hydroxylation is 2. The molecule has 0 amide bonds. The summed E-state index contributed by atoms with van der Waals surface area (Å²) in [5.41, 5.74) is 2.93. The number of hydrogen-bond donors (Lipinski definition) is 0. The van der Waals surface area contributed by atoms with E-state index in [0.717, 1.165) is 27.1 Å². The van der Waals surface area contributed by atoms with E-state index in [4.69, 9.17) is 0 Å². The predicted molar refractivity (Wildman–Crippen MR) is 74.6 cm³/mol. The van der Waals surface area contributed by atoms with Gasteiger partial charge in [0, 0.05) is 24.0 Å². The largest absolute Gasteiger partial charge is 0.351 e. The smallest absolute Gasteiger partial charge is 0.174 e. The van der Waals surface area contributed by atoms with E-state index < -0.39 is 0 Å². The zero-order chi connectivity index (χ0) is 13.3. The monoisotopic (exact) mass is 281 g/mol. The van der Waals surface area contributed by atoms with Crippen LogP contribution in [0.1, 0.15) is 27.6 Å². The molecule has 96 valence electrons. The van der Waals surface area contributed by atoms with Crippen molar-refractivity contribution in [2.24, 2.45) is 7.05 Å². The van der Waals surface area contributed by atoms with Crippen molar-refractivity contribution >= 4 is 29.1 Å². The van der Waals surface area contributed by atoms with Gasteiger partial charge in [0.1, 0.15) is 5.82 Å². The first kappa shape index (κ1) is 13.3. The Balaban J connectivity index is 2.06. The molecule has 0 aliphatic heterocycles. The molecule has 2 aromatic rings. The highest BCUT2D eigenvalue weighted by molar-refractivity contribution is 8.01. The van der Waals surface area contributed by atoms with Crippen molar-refractivity contribution in [2.75, 3.05) is 5.75 Å². The zero-order valence-corrected chi connectivity index (χ0v) is 12.5. The van der Waals surface area contributed by atoms with Crippen molar-refractivity contribution in [1.82, 2.24) is 13.9 Å². The van der Waals surface area contributed by atoms with E-state index >= 15 is 0 Å². The Bertz CT molecular complexity index is 586. The summed E-state index contributed by atoms with van der Waals surface area (Å²) in [6.45, 7) is 5.83. The van der Waals surface area contributed by atoms with Crippen LogP contribution in [0.3, 0.4) is 0 Å². The van der Waals surface area contributed by atoms with Crippen molar-refractivity contribution < 1.29 is 4.79 Å². The number of rotatable bonds is 4. The Hall–Kier alpha value is -1.14. The number of hydrogen-bond acceptors (Lipinski definition) is 5. The van der Waals surface area contributed by atoms with Gasteiger partial charge in [0.05, 0.1) is 5.75 Å². The SMILES string of the molecule is Cc1nsc(SCC(=O)c2cc(C)n(C)c2C)n1. The second kappa shape index (κ2) is 5.24. The first-order chi connectivity index (χ1) is 8.49. The predicted octanol–water partition coefficient (Wildman–Crippen LogP) is 2.78. The summed E-state index contributed by atoms with van der Waals surface area (Å²) < 4.78 is 6.99. The maximum absolute atomic E-state index is 12.1. The minimum absolute atomic E-state index is 0.147. The summed E-state index contributed by atoms with van der Waals surface area (Å²) in [7, 11) is 1.97. The van der Waals surface area contributed by atoms with E-state index in [1.54, 1.807) is 0 Å². The van der Waals surface area contributed by atoms with Crippen molar-refractivity contribution in [3.05, 3.63) is 28.8 Å². The molecule has 0 aromatic carbocycles. The van der Waals surface area contributed by atoms with Gasteiger partial charge >= 0.3 is 0 Å². The zero-order valence-electron chi connectivity index (χ0n) is 10.9. The lowest BCUT2D eigenvalue weighted by molar-refractivity contribution is 0.102. The minimum Gasteiger partial charge on any atom is -0.351 e. The van der Waals surface area contributed by atoms with E-state index in [0.29, 0.717) is 5.75 Å². The molecule has 0 radical (unpaired) electrons. The summed E-state index contributed by atoms with van der Waals surface area (Å²) in [4.78, 5) is 16.4. The van der Waals surface area contributed by atoms with Crippen molar-refractivity contribution in [2.45, 2.75) is 25.1 Å². The van der Waals surface area contributed by atoms with Gasteiger partial charge < -0.3 is 4.57 Å². The summed E-state index contributed by atoms with van der Waals surface area (Å²) in [5, 5.41) is 0. The first-order valence-corrected chi connectivity index (χ1v) is 7.34. The van der Waals surface area contributed by atoms with E-state index in [9.17, 15) is 4.79 Å². The Morgan fingerprint density at radius 3 is 2.67 bits per heavy atom. The fourth-order valence-electron chi connectivity index (χ4n) is 1.68. The molecule has 6 heteroatoms. The Morgan fingerprint density at radius 1 is 1.44 bits per heavy atom. The molecule has 18 heavy (non-hydrogen) atoms. The maximum atomic E-state index is 12.1. The number of nitrogens with zero attached hydrogens (tertiary/aromatic N) is 3. The number of Topliss-reactive ketones (excluding diaryl/α,β-unsaturated/α-hetero) is 1. The highest BCUT2D eigenvalue weighted by Crippen LogP contribution is 2.22. The summed E-state index contributed by atoms with van der Waals surface area (Å²) in [6, 6.07) is 1.95. The van der Waals surface area contributed by atoms with Crippen LogP contribution in [-0.2, 0) is 7.05 Å². The summed E-state index contributed by atoms with van der Waals surface area (Å²) >= 11 is 2.80. The van der Waals surface area contributed by atoms with Crippen LogP contribution in [-0.4, -0.2) is 25.5 Å². The van der Waals surface area contributed by atoms with Crippen LogP contribution in [0.4, 0.5) is 0 Å². The van der Waals surface area contributed by atoms with Crippen LogP contribution in [0.15, 0.2) is 10.4 Å². The topological polar surface area (TPSA) is 47.8 Å².